The molecule has 3 rings (SSSR count). The molecule has 0 aromatic heterocycles. The Balaban J connectivity index is 1.68. The first-order valence-corrected chi connectivity index (χ1v) is 12.5. The second-order valence-corrected chi connectivity index (χ2v) is 8.90. The molecule has 2 aliphatic rings. The minimum absolute atomic E-state index is 0.0480. The lowest BCUT2D eigenvalue weighted by molar-refractivity contribution is -0.140. The smallest absolute Gasteiger partial charge is 0.408 e. The van der Waals surface area contributed by atoms with Gasteiger partial charge in [-0.2, -0.15) is 0 Å². The number of morpholine rings is 1. The lowest BCUT2D eigenvalue weighted by Crippen LogP contribution is -2.49. The first-order valence-electron chi connectivity index (χ1n) is 12.5. The van der Waals surface area contributed by atoms with E-state index >= 15 is 0 Å². The fourth-order valence-corrected chi connectivity index (χ4v) is 4.35. The molecule has 1 saturated heterocycles. The number of nitrogens with zero attached hydrogens (tertiary/aromatic N) is 1. The summed E-state index contributed by atoms with van der Waals surface area (Å²) in [4.78, 5) is 40.4. The van der Waals surface area contributed by atoms with E-state index in [-0.39, 0.29) is 18.9 Å². The molecule has 1 heterocycles. The number of benzene rings is 1. The van der Waals surface area contributed by atoms with Crippen LogP contribution in [0.1, 0.15) is 51.0 Å². The van der Waals surface area contributed by atoms with Crippen molar-refractivity contribution >= 4 is 18.0 Å². The van der Waals surface area contributed by atoms with Gasteiger partial charge < -0.3 is 29.7 Å². The highest BCUT2D eigenvalue weighted by Crippen LogP contribution is 2.27. The number of hydrogen-bond acceptors (Lipinski definition) is 7. The molecule has 1 atom stereocenters. The van der Waals surface area contributed by atoms with Gasteiger partial charge in [0.2, 0.25) is 5.91 Å². The largest absolute Gasteiger partial charge is 0.461 e. The van der Waals surface area contributed by atoms with Crippen LogP contribution in [-0.4, -0.2) is 61.8 Å². The molecule has 0 bridgehead atoms. The van der Waals surface area contributed by atoms with Crippen molar-refractivity contribution in [2.24, 2.45) is 5.92 Å². The summed E-state index contributed by atoms with van der Waals surface area (Å²) in [5, 5.41) is 5.44. The molecule has 1 aliphatic heterocycles. The Hall–Kier alpha value is -3.07. The van der Waals surface area contributed by atoms with Gasteiger partial charge in [0.25, 0.3) is 0 Å². The second-order valence-electron chi connectivity index (χ2n) is 8.90. The molecule has 9 heteroatoms. The summed E-state index contributed by atoms with van der Waals surface area (Å²) in [7, 11) is 0. The minimum atomic E-state index is -0.830. The Labute approximate surface area is 207 Å². The molecule has 1 aliphatic carbocycles. The molecule has 35 heavy (non-hydrogen) atoms. The molecule has 1 unspecified atom stereocenters. The SMILES string of the molecule is CCOC(=O)/C(=C\N1CCOCC1)NC(=O)C(CC1CCCCC1)NC(=O)OCc1ccccc1. The third-order valence-corrected chi connectivity index (χ3v) is 6.23. The zero-order valence-corrected chi connectivity index (χ0v) is 20.5. The highest BCUT2D eigenvalue weighted by Gasteiger charge is 2.28. The lowest BCUT2D eigenvalue weighted by atomic mass is 9.84. The maximum absolute atomic E-state index is 13.3. The number of carbonyl (C=O) groups is 3. The minimum Gasteiger partial charge on any atom is -0.461 e. The fourth-order valence-electron chi connectivity index (χ4n) is 4.35. The van der Waals surface area contributed by atoms with Crippen molar-refractivity contribution in [2.75, 3.05) is 32.9 Å². The summed E-state index contributed by atoms with van der Waals surface area (Å²) in [5.41, 5.74) is 0.904. The summed E-state index contributed by atoms with van der Waals surface area (Å²) < 4.78 is 15.9. The van der Waals surface area contributed by atoms with Gasteiger partial charge in [-0.05, 0) is 24.8 Å². The van der Waals surface area contributed by atoms with E-state index in [1.165, 1.54) is 6.42 Å². The van der Waals surface area contributed by atoms with Gasteiger partial charge in [0.15, 0.2) is 0 Å². The molecule has 192 valence electrons. The van der Waals surface area contributed by atoms with Gasteiger partial charge >= 0.3 is 12.1 Å². The molecule has 1 saturated carbocycles. The van der Waals surface area contributed by atoms with Gasteiger partial charge in [-0.1, -0.05) is 62.4 Å². The van der Waals surface area contributed by atoms with Crippen LogP contribution in [0.4, 0.5) is 4.79 Å². The summed E-state index contributed by atoms with van der Waals surface area (Å²) in [6.45, 7) is 4.30. The van der Waals surface area contributed by atoms with Gasteiger partial charge in [0, 0.05) is 19.3 Å². The number of hydrogen-bond donors (Lipinski definition) is 2. The third kappa shape index (κ3) is 9.24. The van der Waals surface area contributed by atoms with Crippen LogP contribution in [-0.2, 0) is 30.4 Å². The summed E-state index contributed by atoms with van der Waals surface area (Å²) in [5.74, 6) is -0.751. The van der Waals surface area contributed by atoms with Gasteiger partial charge in [-0.3, -0.25) is 4.79 Å². The maximum Gasteiger partial charge on any atom is 0.408 e. The number of amides is 2. The molecule has 2 amide bonds. The quantitative estimate of drug-likeness (QED) is 0.386. The summed E-state index contributed by atoms with van der Waals surface area (Å²) in [6, 6.07) is 8.52. The third-order valence-electron chi connectivity index (χ3n) is 6.23. The standard InChI is InChI=1S/C26H37N3O6/c1-2-34-25(31)23(18-29-13-15-33-16-14-29)27-24(30)22(17-20-9-5-3-6-10-20)28-26(32)35-19-21-11-7-4-8-12-21/h4,7-8,11-12,18,20,22H,2-3,5-6,9-10,13-17,19H2,1H3,(H,27,30)(H,28,32)/b23-18+. The fraction of sp³-hybridized carbons (Fsp3) is 0.577. The van der Waals surface area contributed by atoms with Crippen LogP contribution in [0.2, 0.25) is 0 Å². The number of carbonyl (C=O) groups excluding carboxylic acids is 3. The van der Waals surface area contributed by atoms with Crippen LogP contribution in [0.5, 0.6) is 0 Å². The van der Waals surface area contributed by atoms with Crippen molar-refractivity contribution in [3.05, 3.63) is 47.8 Å². The van der Waals surface area contributed by atoms with E-state index in [1.54, 1.807) is 13.1 Å². The number of ether oxygens (including phenoxy) is 3. The number of esters is 1. The van der Waals surface area contributed by atoms with E-state index < -0.39 is 24.0 Å². The average Bonchev–Trinajstić information content (AvgIpc) is 2.88. The zero-order chi connectivity index (χ0) is 24.9. The van der Waals surface area contributed by atoms with Crippen molar-refractivity contribution < 1.29 is 28.6 Å². The van der Waals surface area contributed by atoms with E-state index in [2.05, 4.69) is 10.6 Å². The first-order chi connectivity index (χ1) is 17.0. The summed E-state index contributed by atoms with van der Waals surface area (Å²) >= 11 is 0. The van der Waals surface area contributed by atoms with Crippen LogP contribution >= 0.6 is 0 Å². The Morgan fingerprint density at radius 3 is 2.49 bits per heavy atom. The molecular weight excluding hydrogens is 450 g/mol. The predicted octanol–water partition coefficient (Wildman–Crippen LogP) is 3.10. The number of nitrogens with one attached hydrogen (secondary N) is 2. The van der Waals surface area contributed by atoms with Crippen LogP contribution in [0, 0.1) is 5.92 Å². The molecule has 1 aromatic rings. The Kier molecular flexibility index (Phi) is 10.9. The van der Waals surface area contributed by atoms with Crippen LogP contribution in [0.15, 0.2) is 42.2 Å². The molecular formula is C26H37N3O6. The highest BCUT2D eigenvalue weighted by atomic mass is 16.5. The maximum atomic E-state index is 13.3. The molecule has 0 spiro atoms. The van der Waals surface area contributed by atoms with E-state index in [0.717, 1.165) is 31.2 Å². The number of rotatable bonds is 10. The summed E-state index contributed by atoms with van der Waals surface area (Å²) in [6.07, 6.45) is 6.86. The second kappa shape index (κ2) is 14.4. The Morgan fingerprint density at radius 1 is 1.09 bits per heavy atom. The van der Waals surface area contributed by atoms with Crippen molar-refractivity contribution in [3.63, 3.8) is 0 Å². The van der Waals surface area contributed by atoms with Crippen LogP contribution in [0.3, 0.4) is 0 Å². The monoisotopic (exact) mass is 487 g/mol. The molecule has 2 N–H and O–H groups in total. The zero-order valence-electron chi connectivity index (χ0n) is 20.5. The highest BCUT2D eigenvalue weighted by molar-refractivity contribution is 5.96. The Morgan fingerprint density at radius 2 is 1.80 bits per heavy atom. The molecule has 9 nitrogen and oxygen atoms in total. The average molecular weight is 488 g/mol. The topological polar surface area (TPSA) is 106 Å². The molecule has 1 aromatic carbocycles. The van der Waals surface area contributed by atoms with E-state index in [9.17, 15) is 14.4 Å². The van der Waals surface area contributed by atoms with Crippen LogP contribution < -0.4 is 10.6 Å². The van der Waals surface area contributed by atoms with Gasteiger partial charge in [-0.25, -0.2) is 9.59 Å². The molecule has 0 radical (unpaired) electrons. The predicted molar refractivity (Wildman–Crippen MR) is 130 cm³/mol. The van der Waals surface area contributed by atoms with Crippen molar-refractivity contribution in [1.29, 1.82) is 0 Å². The van der Waals surface area contributed by atoms with Gasteiger partial charge in [0.1, 0.15) is 18.3 Å². The van der Waals surface area contributed by atoms with Gasteiger partial charge in [0.05, 0.1) is 19.8 Å². The first kappa shape index (κ1) is 26.5. The van der Waals surface area contributed by atoms with Crippen molar-refractivity contribution in [1.82, 2.24) is 15.5 Å². The van der Waals surface area contributed by atoms with E-state index in [0.29, 0.717) is 38.6 Å². The van der Waals surface area contributed by atoms with Gasteiger partial charge in [-0.15, -0.1) is 0 Å². The normalized spacial score (nSPS) is 17.9. The van der Waals surface area contributed by atoms with Crippen molar-refractivity contribution in [2.45, 2.75) is 58.1 Å². The van der Waals surface area contributed by atoms with E-state index in [1.807, 2.05) is 35.2 Å². The Bertz CT molecular complexity index is 848. The van der Waals surface area contributed by atoms with Crippen molar-refractivity contribution in [3.8, 4) is 0 Å². The van der Waals surface area contributed by atoms with Crippen LogP contribution in [0.25, 0.3) is 0 Å². The number of alkyl carbamates (subject to hydrolysis) is 1. The molecule has 2 fully saturated rings. The lowest BCUT2D eigenvalue weighted by Gasteiger charge is -2.28. The van der Waals surface area contributed by atoms with E-state index in [4.69, 9.17) is 14.2 Å².